The van der Waals surface area contributed by atoms with Crippen molar-refractivity contribution in [3.63, 3.8) is 0 Å². The minimum absolute atomic E-state index is 0.202. The Morgan fingerprint density at radius 2 is 2.00 bits per heavy atom. The summed E-state index contributed by atoms with van der Waals surface area (Å²) < 4.78 is 0. The van der Waals surface area contributed by atoms with Gasteiger partial charge in [0.15, 0.2) is 0 Å². The highest BCUT2D eigenvalue weighted by Crippen LogP contribution is 2.50. The van der Waals surface area contributed by atoms with E-state index < -0.39 is 5.97 Å². The van der Waals surface area contributed by atoms with Crippen molar-refractivity contribution in [3.8, 4) is 0 Å². The van der Waals surface area contributed by atoms with Gasteiger partial charge in [0.2, 0.25) is 0 Å². The molecule has 1 saturated carbocycles. The average Bonchev–Trinajstić information content (AvgIpc) is 2.53. The van der Waals surface area contributed by atoms with Crippen LogP contribution in [0.15, 0.2) is 47.6 Å². The van der Waals surface area contributed by atoms with Gasteiger partial charge in [0, 0.05) is 17.9 Å². The molecule has 132 valence electrons. The molecule has 6 atom stereocenters. The van der Waals surface area contributed by atoms with E-state index in [0.29, 0.717) is 23.7 Å². The van der Waals surface area contributed by atoms with Crippen LogP contribution in [0.5, 0.6) is 0 Å². The molecule has 0 spiro atoms. The lowest BCUT2D eigenvalue weighted by molar-refractivity contribution is -0.131. The number of rotatable bonds is 4. The van der Waals surface area contributed by atoms with Crippen molar-refractivity contribution in [1.82, 2.24) is 0 Å². The van der Waals surface area contributed by atoms with Crippen LogP contribution in [0.1, 0.15) is 40.5 Å². The maximum Gasteiger partial charge on any atom is 0.328 e. The van der Waals surface area contributed by atoms with Gasteiger partial charge in [-0.25, -0.2) is 4.79 Å². The van der Waals surface area contributed by atoms with Crippen molar-refractivity contribution >= 4 is 5.97 Å². The summed E-state index contributed by atoms with van der Waals surface area (Å²) in [5.74, 6) is 0.838. The van der Waals surface area contributed by atoms with Gasteiger partial charge in [-0.2, -0.15) is 0 Å². The van der Waals surface area contributed by atoms with Crippen LogP contribution in [-0.4, -0.2) is 22.3 Å². The van der Waals surface area contributed by atoms with Crippen LogP contribution >= 0.6 is 0 Å². The maximum atomic E-state index is 10.7. The first-order chi connectivity index (χ1) is 11.4. The molecule has 0 bridgehead atoms. The summed E-state index contributed by atoms with van der Waals surface area (Å²) in [6, 6.07) is 0. The molecule has 2 aliphatic rings. The largest absolute Gasteiger partial charge is 0.478 e. The number of carbonyl (C=O) groups is 1. The van der Waals surface area contributed by atoms with Crippen molar-refractivity contribution in [2.75, 3.05) is 0 Å². The van der Waals surface area contributed by atoms with Crippen LogP contribution < -0.4 is 0 Å². The maximum absolute atomic E-state index is 10.7. The quantitative estimate of drug-likeness (QED) is 0.457. The number of carboxylic acid groups (broad SMARTS) is 1. The van der Waals surface area contributed by atoms with Crippen LogP contribution in [0.25, 0.3) is 0 Å². The molecule has 2 N–H and O–H groups in total. The van der Waals surface area contributed by atoms with E-state index in [1.165, 1.54) is 11.1 Å². The summed E-state index contributed by atoms with van der Waals surface area (Å²) in [7, 11) is 0. The van der Waals surface area contributed by atoms with E-state index in [2.05, 4.69) is 45.9 Å². The van der Waals surface area contributed by atoms with Crippen molar-refractivity contribution in [3.05, 3.63) is 47.6 Å². The minimum atomic E-state index is -0.931. The Morgan fingerprint density at radius 3 is 2.62 bits per heavy atom. The summed E-state index contributed by atoms with van der Waals surface area (Å²) in [5, 5.41) is 19.3. The number of carboxylic acids is 1. The summed E-state index contributed by atoms with van der Waals surface area (Å²) in [6.45, 7) is 8.68. The number of allylic oxidation sites excluding steroid dienone is 6. The molecule has 0 unspecified atom stereocenters. The number of fused-ring (bicyclic) bond motifs is 1. The molecule has 2 aliphatic carbocycles. The number of aliphatic hydroxyl groups is 1. The number of aliphatic carboxylic acids is 1. The topological polar surface area (TPSA) is 57.5 Å². The third kappa shape index (κ3) is 3.89. The first-order valence-corrected chi connectivity index (χ1v) is 8.93. The molecule has 3 heteroatoms. The number of aliphatic hydroxyl groups excluding tert-OH is 1. The lowest BCUT2D eigenvalue weighted by Gasteiger charge is -2.48. The molecule has 0 amide bonds. The van der Waals surface area contributed by atoms with Gasteiger partial charge in [-0.3, -0.25) is 0 Å². The van der Waals surface area contributed by atoms with Crippen LogP contribution in [-0.2, 0) is 4.79 Å². The summed E-state index contributed by atoms with van der Waals surface area (Å²) >= 11 is 0. The van der Waals surface area contributed by atoms with Crippen LogP contribution in [0.4, 0.5) is 0 Å². The van der Waals surface area contributed by atoms with E-state index >= 15 is 0 Å². The fourth-order valence-corrected chi connectivity index (χ4v) is 4.66. The standard InChI is InChI=1S/C21H30O3/c1-5-13(2)20-15(4)12-17-18(22)11-10-14(3)21(17)16(20)8-6-7-9-19(23)24/h5-9,12,14,16-18,20-22H,10-11H2,1-4H3,(H,23,24)/b8-6+,9-7+,13-5-/t14-,16+,17-,18-,20+,21-/m0/s1. The van der Waals surface area contributed by atoms with Crippen molar-refractivity contribution < 1.29 is 15.0 Å². The minimum Gasteiger partial charge on any atom is -0.478 e. The van der Waals surface area contributed by atoms with Gasteiger partial charge in [-0.15, -0.1) is 0 Å². The average molecular weight is 330 g/mol. The fourth-order valence-electron chi connectivity index (χ4n) is 4.66. The van der Waals surface area contributed by atoms with Gasteiger partial charge in [0.05, 0.1) is 6.10 Å². The predicted octanol–water partition coefficient (Wildman–Crippen LogP) is 4.37. The van der Waals surface area contributed by atoms with E-state index in [0.717, 1.165) is 18.9 Å². The summed E-state index contributed by atoms with van der Waals surface area (Å²) in [5.41, 5.74) is 2.66. The van der Waals surface area contributed by atoms with E-state index in [4.69, 9.17) is 5.11 Å². The van der Waals surface area contributed by atoms with Gasteiger partial charge in [-0.1, -0.05) is 48.5 Å². The van der Waals surface area contributed by atoms with Crippen molar-refractivity contribution in [2.45, 2.75) is 46.6 Å². The highest BCUT2D eigenvalue weighted by Gasteiger charge is 2.45. The summed E-state index contributed by atoms with van der Waals surface area (Å²) in [6.07, 6.45) is 12.9. The van der Waals surface area contributed by atoms with Crippen LogP contribution in [0.2, 0.25) is 0 Å². The van der Waals surface area contributed by atoms with E-state index in [-0.39, 0.29) is 12.0 Å². The number of hydrogen-bond acceptors (Lipinski definition) is 2. The molecular formula is C21H30O3. The molecular weight excluding hydrogens is 300 g/mol. The Kier molecular flexibility index (Phi) is 6.22. The zero-order chi connectivity index (χ0) is 17.9. The van der Waals surface area contributed by atoms with Crippen molar-refractivity contribution in [2.24, 2.45) is 29.6 Å². The Hall–Kier alpha value is -1.61. The number of hydrogen-bond donors (Lipinski definition) is 2. The highest BCUT2D eigenvalue weighted by atomic mass is 16.4. The SMILES string of the molecule is C/C=C(/C)[C@@H]1C(C)=C[C@@H]2[C@H]([C@@H]1/C=C/C=C/C(=O)O)[C@@H](C)CC[C@@H]2O. The second-order valence-electron chi connectivity index (χ2n) is 7.36. The normalized spacial score (nSPS) is 37.5. The fraction of sp³-hybridized carbons (Fsp3) is 0.571. The Bertz CT molecular complexity index is 582. The molecule has 0 aromatic rings. The third-order valence-corrected chi connectivity index (χ3v) is 5.87. The predicted molar refractivity (Wildman–Crippen MR) is 97.5 cm³/mol. The molecule has 0 aromatic heterocycles. The van der Waals surface area contributed by atoms with E-state index in [9.17, 15) is 9.90 Å². The van der Waals surface area contributed by atoms with Crippen LogP contribution in [0, 0.1) is 29.6 Å². The second-order valence-corrected chi connectivity index (χ2v) is 7.36. The molecule has 0 radical (unpaired) electrons. The Labute approximate surface area is 145 Å². The van der Waals surface area contributed by atoms with E-state index in [1.54, 1.807) is 6.08 Å². The zero-order valence-corrected chi connectivity index (χ0v) is 15.1. The molecule has 0 heterocycles. The monoisotopic (exact) mass is 330 g/mol. The van der Waals surface area contributed by atoms with Gasteiger partial charge in [0.1, 0.15) is 0 Å². The first-order valence-electron chi connectivity index (χ1n) is 8.93. The third-order valence-electron chi connectivity index (χ3n) is 5.87. The zero-order valence-electron chi connectivity index (χ0n) is 15.1. The molecule has 1 fully saturated rings. The summed E-state index contributed by atoms with van der Waals surface area (Å²) in [4.78, 5) is 10.7. The first kappa shape index (κ1) is 18.7. The van der Waals surface area contributed by atoms with Gasteiger partial charge in [0.25, 0.3) is 0 Å². The Balaban J connectivity index is 2.42. The molecule has 0 saturated heterocycles. The molecule has 0 aromatic carbocycles. The lowest BCUT2D eigenvalue weighted by Crippen LogP contribution is -2.45. The lowest BCUT2D eigenvalue weighted by atomic mass is 9.57. The van der Waals surface area contributed by atoms with Gasteiger partial charge >= 0.3 is 5.97 Å². The highest BCUT2D eigenvalue weighted by molar-refractivity contribution is 5.80. The second kappa shape index (κ2) is 7.98. The smallest absolute Gasteiger partial charge is 0.328 e. The molecule has 2 rings (SSSR count). The Morgan fingerprint density at radius 1 is 1.29 bits per heavy atom. The van der Waals surface area contributed by atoms with Gasteiger partial charge < -0.3 is 10.2 Å². The molecule has 3 nitrogen and oxygen atoms in total. The molecule has 0 aliphatic heterocycles. The van der Waals surface area contributed by atoms with E-state index in [1.807, 2.05) is 6.08 Å². The van der Waals surface area contributed by atoms with Gasteiger partial charge in [-0.05, 0) is 51.4 Å². The van der Waals surface area contributed by atoms with Crippen LogP contribution in [0.3, 0.4) is 0 Å². The van der Waals surface area contributed by atoms with Crippen molar-refractivity contribution in [1.29, 1.82) is 0 Å². The molecule has 24 heavy (non-hydrogen) atoms.